The van der Waals surface area contributed by atoms with Crippen LogP contribution in [0.25, 0.3) is 0 Å². The van der Waals surface area contributed by atoms with Gasteiger partial charge >= 0.3 is 0 Å². The minimum Gasteiger partial charge on any atom is -0.383 e. The van der Waals surface area contributed by atoms with E-state index < -0.39 is 5.54 Å². The predicted octanol–water partition coefficient (Wildman–Crippen LogP) is 1.07. The van der Waals surface area contributed by atoms with Crippen molar-refractivity contribution >= 4 is 17.6 Å². The molecule has 3 rings (SSSR count). The number of likely N-dealkylation sites (tertiary alicyclic amines) is 1. The maximum absolute atomic E-state index is 13.0. The standard InChI is InChI=1S/C19H29N5O3/c1-23-11-7-16(22-23)21-19(18(26)20-10-14-27-2)8-12-24(13-9-19)17(25)15-5-3-4-6-15/h5,7,11H,3-4,6,8-10,12-14H2,1-2H3,(H,20,26)(H,21,22). The number of aryl methyl sites for hydroxylation is 1. The first-order valence-electron chi connectivity index (χ1n) is 9.57. The van der Waals surface area contributed by atoms with Crippen LogP contribution in [-0.4, -0.2) is 65.4 Å². The number of methoxy groups -OCH3 is 1. The van der Waals surface area contributed by atoms with E-state index in [1.165, 1.54) is 0 Å². The van der Waals surface area contributed by atoms with Crippen molar-refractivity contribution in [3.05, 3.63) is 23.9 Å². The number of carbonyl (C=O) groups is 2. The van der Waals surface area contributed by atoms with E-state index >= 15 is 0 Å². The Labute approximate surface area is 159 Å². The Morgan fingerprint density at radius 3 is 2.70 bits per heavy atom. The monoisotopic (exact) mass is 375 g/mol. The number of ether oxygens (including phenoxy) is 1. The highest BCUT2D eigenvalue weighted by atomic mass is 16.5. The van der Waals surface area contributed by atoms with Crippen LogP contribution < -0.4 is 10.6 Å². The lowest BCUT2D eigenvalue weighted by atomic mass is 9.86. The molecule has 8 heteroatoms. The molecule has 27 heavy (non-hydrogen) atoms. The van der Waals surface area contributed by atoms with Crippen LogP contribution in [0.5, 0.6) is 0 Å². The first-order chi connectivity index (χ1) is 13.0. The summed E-state index contributed by atoms with van der Waals surface area (Å²) in [6.45, 7) is 2.02. The van der Waals surface area contributed by atoms with Gasteiger partial charge in [0.1, 0.15) is 11.4 Å². The number of amides is 2. The van der Waals surface area contributed by atoms with Crippen molar-refractivity contribution in [1.29, 1.82) is 0 Å². The van der Waals surface area contributed by atoms with E-state index in [0.29, 0.717) is 44.9 Å². The van der Waals surface area contributed by atoms with Gasteiger partial charge < -0.3 is 20.3 Å². The second-order valence-corrected chi connectivity index (χ2v) is 7.24. The molecule has 2 heterocycles. The Morgan fingerprint density at radius 1 is 1.33 bits per heavy atom. The fourth-order valence-corrected chi connectivity index (χ4v) is 3.73. The van der Waals surface area contributed by atoms with E-state index in [2.05, 4.69) is 15.7 Å². The molecule has 148 valence electrons. The summed E-state index contributed by atoms with van der Waals surface area (Å²) in [6, 6.07) is 1.85. The van der Waals surface area contributed by atoms with Gasteiger partial charge in [-0.1, -0.05) is 6.08 Å². The molecule has 0 bridgehead atoms. The molecule has 2 N–H and O–H groups in total. The fourth-order valence-electron chi connectivity index (χ4n) is 3.73. The summed E-state index contributed by atoms with van der Waals surface area (Å²) >= 11 is 0. The molecule has 0 spiro atoms. The molecular formula is C19H29N5O3. The molecule has 1 saturated heterocycles. The third-order valence-corrected chi connectivity index (χ3v) is 5.33. The van der Waals surface area contributed by atoms with Gasteiger partial charge in [0.2, 0.25) is 11.8 Å². The highest BCUT2D eigenvalue weighted by molar-refractivity contribution is 5.94. The van der Waals surface area contributed by atoms with Crippen LogP contribution in [0.1, 0.15) is 32.1 Å². The molecule has 1 aromatic heterocycles. The number of aromatic nitrogens is 2. The first-order valence-corrected chi connectivity index (χ1v) is 9.57. The summed E-state index contributed by atoms with van der Waals surface area (Å²) in [7, 11) is 3.45. The van der Waals surface area contributed by atoms with Gasteiger partial charge in [0.25, 0.3) is 0 Å². The van der Waals surface area contributed by atoms with Crippen molar-refractivity contribution in [2.75, 3.05) is 38.7 Å². The highest BCUT2D eigenvalue weighted by Crippen LogP contribution is 2.29. The quantitative estimate of drug-likeness (QED) is 0.696. The Morgan fingerprint density at radius 2 is 2.11 bits per heavy atom. The fraction of sp³-hybridized carbons (Fsp3) is 0.632. The molecule has 2 amide bonds. The molecule has 2 aliphatic rings. The summed E-state index contributed by atoms with van der Waals surface area (Å²) < 4.78 is 6.73. The molecule has 8 nitrogen and oxygen atoms in total. The number of nitrogens with one attached hydrogen (secondary N) is 2. The molecule has 1 aliphatic heterocycles. The number of piperidine rings is 1. The Bertz CT molecular complexity index is 704. The van der Waals surface area contributed by atoms with E-state index in [9.17, 15) is 9.59 Å². The smallest absolute Gasteiger partial charge is 0.249 e. The van der Waals surface area contributed by atoms with E-state index in [1.807, 2.05) is 30.3 Å². The molecule has 1 aromatic rings. The molecule has 1 fully saturated rings. The first kappa shape index (κ1) is 19.4. The van der Waals surface area contributed by atoms with E-state index in [4.69, 9.17) is 4.74 Å². The maximum Gasteiger partial charge on any atom is 0.249 e. The summed E-state index contributed by atoms with van der Waals surface area (Å²) in [4.78, 5) is 27.5. The summed E-state index contributed by atoms with van der Waals surface area (Å²) in [5.41, 5.74) is 0.146. The largest absolute Gasteiger partial charge is 0.383 e. The van der Waals surface area contributed by atoms with Gasteiger partial charge in [0.15, 0.2) is 0 Å². The molecule has 0 unspecified atom stereocenters. The van der Waals surface area contributed by atoms with Crippen LogP contribution in [0, 0.1) is 0 Å². The molecule has 0 radical (unpaired) electrons. The van der Waals surface area contributed by atoms with Gasteiger partial charge in [-0.05, 0) is 32.1 Å². The Kier molecular flexibility index (Phi) is 6.15. The molecular weight excluding hydrogens is 346 g/mol. The average molecular weight is 375 g/mol. The summed E-state index contributed by atoms with van der Waals surface area (Å²) in [6.07, 6.45) is 7.88. The van der Waals surface area contributed by atoms with Gasteiger partial charge in [-0.15, -0.1) is 0 Å². The van der Waals surface area contributed by atoms with E-state index in [0.717, 1.165) is 24.8 Å². The third kappa shape index (κ3) is 4.50. The topological polar surface area (TPSA) is 88.5 Å². The predicted molar refractivity (Wildman–Crippen MR) is 102 cm³/mol. The van der Waals surface area contributed by atoms with Crippen LogP contribution in [-0.2, 0) is 21.4 Å². The SMILES string of the molecule is COCCNC(=O)C1(Nc2ccn(C)n2)CCN(C(=O)C2=CCCC2)CC1. The summed E-state index contributed by atoms with van der Waals surface area (Å²) in [5, 5.41) is 10.6. The van der Waals surface area contributed by atoms with Crippen molar-refractivity contribution in [3.8, 4) is 0 Å². The second-order valence-electron chi connectivity index (χ2n) is 7.24. The second kappa shape index (κ2) is 8.56. The summed E-state index contributed by atoms with van der Waals surface area (Å²) in [5.74, 6) is 0.716. The van der Waals surface area contributed by atoms with Crippen molar-refractivity contribution < 1.29 is 14.3 Å². The molecule has 0 aromatic carbocycles. The van der Waals surface area contributed by atoms with Gasteiger partial charge in [-0.2, -0.15) is 5.10 Å². The minimum atomic E-state index is -0.775. The van der Waals surface area contributed by atoms with Gasteiger partial charge in [-0.25, -0.2) is 0 Å². The normalized spacial score (nSPS) is 18.9. The molecule has 1 aliphatic carbocycles. The molecule has 0 atom stereocenters. The number of hydrogen-bond donors (Lipinski definition) is 2. The number of carbonyl (C=O) groups excluding carboxylic acids is 2. The zero-order valence-electron chi connectivity index (χ0n) is 16.2. The highest BCUT2D eigenvalue weighted by Gasteiger charge is 2.43. The van der Waals surface area contributed by atoms with Crippen LogP contribution in [0.3, 0.4) is 0 Å². The van der Waals surface area contributed by atoms with Crippen LogP contribution in [0.15, 0.2) is 23.9 Å². The maximum atomic E-state index is 13.0. The van der Waals surface area contributed by atoms with Crippen LogP contribution >= 0.6 is 0 Å². The Balaban J connectivity index is 1.69. The Hall–Kier alpha value is -2.35. The van der Waals surface area contributed by atoms with Crippen LogP contribution in [0.2, 0.25) is 0 Å². The van der Waals surface area contributed by atoms with Crippen molar-refractivity contribution in [1.82, 2.24) is 20.0 Å². The number of allylic oxidation sites excluding steroid dienone is 1. The number of anilines is 1. The lowest BCUT2D eigenvalue weighted by molar-refractivity contribution is -0.133. The molecule has 0 saturated carbocycles. The number of rotatable bonds is 7. The third-order valence-electron chi connectivity index (χ3n) is 5.33. The van der Waals surface area contributed by atoms with Gasteiger partial charge in [-0.3, -0.25) is 14.3 Å². The number of nitrogens with zero attached hydrogens (tertiary/aromatic N) is 3. The van der Waals surface area contributed by atoms with Crippen molar-refractivity contribution in [3.63, 3.8) is 0 Å². The average Bonchev–Trinajstić information content (AvgIpc) is 3.34. The van der Waals surface area contributed by atoms with E-state index in [-0.39, 0.29) is 11.8 Å². The van der Waals surface area contributed by atoms with E-state index in [1.54, 1.807) is 11.8 Å². The van der Waals surface area contributed by atoms with Crippen LogP contribution in [0.4, 0.5) is 5.82 Å². The zero-order chi connectivity index (χ0) is 19.3. The van der Waals surface area contributed by atoms with Gasteiger partial charge in [0, 0.05) is 51.6 Å². The van der Waals surface area contributed by atoms with Crippen molar-refractivity contribution in [2.45, 2.75) is 37.6 Å². The lowest BCUT2D eigenvalue weighted by Crippen LogP contribution is -2.59. The number of hydrogen-bond acceptors (Lipinski definition) is 5. The van der Waals surface area contributed by atoms with Gasteiger partial charge in [0.05, 0.1) is 6.61 Å². The minimum absolute atomic E-state index is 0.0719. The zero-order valence-corrected chi connectivity index (χ0v) is 16.2. The lowest BCUT2D eigenvalue weighted by Gasteiger charge is -2.41. The van der Waals surface area contributed by atoms with Crippen molar-refractivity contribution in [2.24, 2.45) is 7.05 Å².